The quantitative estimate of drug-likeness (QED) is 0.450. The number of carboxylic acids is 1. The number of aliphatic carboxylic acids is 1. The van der Waals surface area contributed by atoms with E-state index in [0.29, 0.717) is 11.1 Å². The molecule has 0 spiro atoms. The van der Waals surface area contributed by atoms with E-state index in [1.165, 1.54) is 6.08 Å². The van der Waals surface area contributed by atoms with Crippen molar-refractivity contribution in [3.05, 3.63) is 41.0 Å². The maximum Gasteiger partial charge on any atom is 0.328 e. The van der Waals surface area contributed by atoms with Crippen molar-refractivity contribution in [1.29, 1.82) is 0 Å². The number of amides is 3. The molecule has 7 heteroatoms. The van der Waals surface area contributed by atoms with Gasteiger partial charge in [-0.1, -0.05) is 12.1 Å². The van der Waals surface area contributed by atoms with E-state index in [1.54, 1.807) is 25.1 Å². The molecular formula is C14H17N3O4. The zero-order chi connectivity index (χ0) is 15.8. The fraction of sp³-hybridized carbons (Fsp3) is 0.214. The van der Waals surface area contributed by atoms with Crippen LogP contribution in [0.1, 0.15) is 21.5 Å². The number of hydrogen-bond donors (Lipinski definition) is 4. The Morgan fingerprint density at radius 1 is 1.24 bits per heavy atom. The Labute approximate surface area is 121 Å². The molecule has 0 saturated heterocycles. The molecule has 3 amide bonds. The maximum absolute atomic E-state index is 12.0. The van der Waals surface area contributed by atoms with Crippen LogP contribution in [0, 0.1) is 6.92 Å². The summed E-state index contributed by atoms with van der Waals surface area (Å²) in [7, 11) is 0. The fourth-order valence-corrected chi connectivity index (χ4v) is 1.61. The molecule has 5 N–H and O–H groups in total. The summed E-state index contributed by atoms with van der Waals surface area (Å²) in [6.07, 6.45) is 2.41. The van der Waals surface area contributed by atoms with Crippen molar-refractivity contribution < 1.29 is 19.5 Å². The summed E-state index contributed by atoms with van der Waals surface area (Å²) in [5.74, 6) is -1.36. The van der Waals surface area contributed by atoms with Gasteiger partial charge in [-0.15, -0.1) is 0 Å². The van der Waals surface area contributed by atoms with Gasteiger partial charge in [0.1, 0.15) is 0 Å². The Morgan fingerprint density at radius 2 is 1.90 bits per heavy atom. The van der Waals surface area contributed by atoms with Crippen molar-refractivity contribution >= 4 is 24.0 Å². The van der Waals surface area contributed by atoms with E-state index in [0.717, 1.165) is 11.6 Å². The van der Waals surface area contributed by atoms with Gasteiger partial charge >= 0.3 is 12.0 Å². The summed E-state index contributed by atoms with van der Waals surface area (Å²) in [5.41, 5.74) is 6.73. The van der Waals surface area contributed by atoms with Crippen LogP contribution in [-0.4, -0.2) is 36.1 Å². The van der Waals surface area contributed by atoms with E-state index in [9.17, 15) is 14.4 Å². The normalized spacial score (nSPS) is 10.3. The lowest BCUT2D eigenvalue weighted by Crippen LogP contribution is -2.37. The lowest BCUT2D eigenvalue weighted by molar-refractivity contribution is -0.131. The Bertz CT molecular complexity index is 582. The molecule has 0 heterocycles. The molecule has 0 fully saturated rings. The second-order valence-corrected chi connectivity index (χ2v) is 4.29. The Kier molecular flexibility index (Phi) is 5.94. The summed E-state index contributed by atoms with van der Waals surface area (Å²) in [6, 6.07) is 4.41. The molecule has 7 nitrogen and oxygen atoms in total. The molecule has 0 atom stereocenters. The Hall–Kier alpha value is -2.83. The minimum Gasteiger partial charge on any atom is -0.478 e. The Balaban J connectivity index is 2.72. The van der Waals surface area contributed by atoms with E-state index in [1.807, 2.05) is 0 Å². The molecule has 1 aromatic carbocycles. The van der Waals surface area contributed by atoms with Crippen LogP contribution in [0.4, 0.5) is 4.79 Å². The third kappa shape index (κ3) is 5.77. The summed E-state index contributed by atoms with van der Waals surface area (Å²) in [6.45, 7) is 2.26. The van der Waals surface area contributed by atoms with Gasteiger partial charge in [-0.3, -0.25) is 4.79 Å². The van der Waals surface area contributed by atoms with Gasteiger partial charge in [-0.25, -0.2) is 9.59 Å². The van der Waals surface area contributed by atoms with Crippen molar-refractivity contribution in [3.63, 3.8) is 0 Å². The van der Waals surface area contributed by atoms with Gasteiger partial charge in [0.15, 0.2) is 0 Å². The lowest BCUT2D eigenvalue weighted by Gasteiger charge is -2.09. The number of carbonyl (C=O) groups is 3. The minimum atomic E-state index is -1.06. The molecule has 1 rings (SSSR count). The van der Waals surface area contributed by atoms with Crippen molar-refractivity contribution in [2.75, 3.05) is 13.1 Å². The molecule has 0 aliphatic heterocycles. The van der Waals surface area contributed by atoms with Crippen LogP contribution in [0.2, 0.25) is 0 Å². The number of urea groups is 1. The van der Waals surface area contributed by atoms with Crippen molar-refractivity contribution in [1.82, 2.24) is 10.6 Å². The number of rotatable bonds is 6. The number of carbonyl (C=O) groups excluding carboxylic acids is 2. The van der Waals surface area contributed by atoms with Gasteiger partial charge < -0.3 is 21.5 Å². The fourth-order valence-electron chi connectivity index (χ4n) is 1.61. The summed E-state index contributed by atoms with van der Waals surface area (Å²) < 4.78 is 0. The molecular weight excluding hydrogens is 274 g/mol. The number of primary amides is 1. The van der Waals surface area contributed by atoms with Crippen LogP contribution in [0.5, 0.6) is 0 Å². The highest BCUT2D eigenvalue weighted by molar-refractivity contribution is 5.96. The van der Waals surface area contributed by atoms with Crippen LogP contribution >= 0.6 is 0 Å². The van der Waals surface area contributed by atoms with Gasteiger partial charge in [-0.05, 0) is 30.2 Å². The predicted molar refractivity (Wildman–Crippen MR) is 77.8 cm³/mol. The van der Waals surface area contributed by atoms with Gasteiger partial charge in [0.25, 0.3) is 5.91 Å². The molecule has 0 bridgehead atoms. The molecule has 21 heavy (non-hydrogen) atoms. The highest BCUT2D eigenvalue weighted by Crippen LogP contribution is 2.12. The van der Waals surface area contributed by atoms with Crippen LogP contribution in [0.15, 0.2) is 24.3 Å². The van der Waals surface area contributed by atoms with E-state index in [-0.39, 0.29) is 19.0 Å². The molecule has 0 aromatic heterocycles. The molecule has 0 aliphatic rings. The van der Waals surface area contributed by atoms with Crippen molar-refractivity contribution in [3.8, 4) is 0 Å². The maximum atomic E-state index is 12.0. The monoisotopic (exact) mass is 291 g/mol. The number of aryl methyl sites for hydroxylation is 1. The van der Waals surface area contributed by atoms with Crippen LogP contribution in [0.3, 0.4) is 0 Å². The first-order valence-corrected chi connectivity index (χ1v) is 6.23. The molecule has 0 aliphatic carbocycles. The van der Waals surface area contributed by atoms with Crippen LogP contribution < -0.4 is 16.4 Å². The molecule has 1 aromatic rings. The highest BCUT2D eigenvalue weighted by Gasteiger charge is 2.09. The average molecular weight is 291 g/mol. The first-order chi connectivity index (χ1) is 9.90. The zero-order valence-corrected chi connectivity index (χ0v) is 11.6. The molecule has 112 valence electrons. The third-order valence-electron chi connectivity index (χ3n) is 2.63. The largest absolute Gasteiger partial charge is 0.478 e. The van der Waals surface area contributed by atoms with E-state index in [2.05, 4.69) is 10.6 Å². The third-order valence-corrected chi connectivity index (χ3v) is 2.63. The summed E-state index contributed by atoms with van der Waals surface area (Å²) in [5, 5.41) is 13.6. The molecule has 0 radical (unpaired) electrons. The Morgan fingerprint density at radius 3 is 2.52 bits per heavy atom. The number of nitrogens with one attached hydrogen (secondary N) is 2. The van der Waals surface area contributed by atoms with Gasteiger partial charge in [0.05, 0.1) is 0 Å². The summed E-state index contributed by atoms with van der Waals surface area (Å²) in [4.78, 5) is 33.0. The van der Waals surface area contributed by atoms with E-state index >= 15 is 0 Å². The standard InChI is InChI=1S/C14H17N3O4/c1-9-2-3-10(4-5-12(18)19)8-11(9)13(20)16-6-7-17-14(15)21/h2-5,8H,6-7H2,1H3,(H,16,20)(H,18,19)(H3,15,17,21)/b5-4+. The first kappa shape index (κ1) is 16.2. The smallest absolute Gasteiger partial charge is 0.328 e. The predicted octanol–water partition coefficient (Wildman–Crippen LogP) is 0.491. The minimum absolute atomic E-state index is 0.235. The highest BCUT2D eigenvalue weighted by atomic mass is 16.4. The second kappa shape index (κ2) is 7.68. The number of hydrogen-bond acceptors (Lipinski definition) is 3. The van der Waals surface area contributed by atoms with Gasteiger partial charge in [-0.2, -0.15) is 0 Å². The van der Waals surface area contributed by atoms with Crippen molar-refractivity contribution in [2.45, 2.75) is 6.92 Å². The lowest BCUT2D eigenvalue weighted by atomic mass is 10.0. The average Bonchev–Trinajstić information content (AvgIpc) is 2.42. The number of benzene rings is 1. The van der Waals surface area contributed by atoms with Gasteiger partial charge in [0.2, 0.25) is 0 Å². The van der Waals surface area contributed by atoms with Crippen LogP contribution in [-0.2, 0) is 4.79 Å². The number of nitrogens with two attached hydrogens (primary N) is 1. The van der Waals surface area contributed by atoms with E-state index in [4.69, 9.17) is 10.8 Å². The van der Waals surface area contributed by atoms with Gasteiger partial charge in [0, 0.05) is 24.7 Å². The molecule has 0 saturated carbocycles. The first-order valence-electron chi connectivity index (χ1n) is 6.23. The van der Waals surface area contributed by atoms with Crippen molar-refractivity contribution in [2.24, 2.45) is 5.73 Å². The van der Waals surface area contributed by atoms with E-state index < -0.39 is 12.0 Å². The topological polar surface area (TPSA) is 122 Å². The summed E-state index contributed by atoms with van der Waals surface area (Å²) >= 11 is 0. The molecule has 0 unspecified atom stereocenters. The van der Waals surface area contributed by atoms with Crippen LogP contribution in [0.25, 0.3) is 6.08 Å². The number of carboxylic acid groups (broad SMARTS) is 1. The SMILES string of the molecule is Cc1ccc(/C=C/C(=O)O)cc1C(=O)NCCNC(N)=O. The second-order valence-electron chi connectivity index (χ2n) is 4.29. The zero-order valence-electron chi connectivity index (χ0n) is 11.6.